The van der Waals surface area contributed by atoms with Crippen LogP contribution in [0.25, 0.3) is 0 Å². The van der Waals surface area contributed by atoms with E-state index in [1.54, 1.807) is 13.0 Å². The van der Waals surface area contributed by atoms with Crippen LogP contribution in [-0.4, -0.2) is 69.6 Å². The molecule has 0 aliphatic carbocycles. The van der Waals surface area contributed by atoms with E-state index < -0.39 is 38.8 Å². The van der Waals surface area contributed by atoms with Crippen LogP contribution in [0, 0.1) is 0 Å². The minimum absolute atomic E-state index is 0.0214. The lowest BCUT2D eigenvalue weighted by Crippen LogP contribution is -2.67. The van der Waals surface area contributed by atoms with Gasteiger partial charge < -0.3 is 33.8 Å². The van der Waals surface area contributed by atoms with E-state index in [4.69, 9.17) is 23.4 Å². The predicted molar refractivity (Wildman–Crippen MR) is 238 cm³/mol. The van der Waals surface area contributed by atoms with Crippen LogP contribution in [-0.2, 0) is 48.0 Å². The Kier molecular flexibility index (Phi) is 17.8. The Morgan fingerprint density at radius 1 is 0.661 bits per heavy atom. The van der Waals surface area contributed by atoms with Crippen molar-refractivity contribution in [2.45, 2.75) is 89.4 Å². The lowest BCUT2D eigenvalue weighted by atomic mass is 9.94. The van der Waals surface area contributed by atoms with Gasteiger partial charge in [-0.2, -0.15) is 0 Å². The highest BCUT2D eigenvalue weighted by atomic mass is 28.4. The number of carbonyl (C=O) groups is 1. The van der Waals surface area contributed by atoms with Crippen LogP contribution in [0.15, 0.2) is 164 Å². The zero-order valence-electron chi connectivity index (χ0n) is 35.0. The Labute approximate surface area is 352 Å². The lowest BCUT2D eigenvalue weighted by molar-refractivity contribution is -0.190. The Hall–Kier alpha value is -4.71. The molecule has 9 heteroatoms. The van der Waals surface area contributed by atoms with Crippen molar-refractivity contribution >= 4 is 24.7 Å². The third-order valence-corrected chi connectivity index (χ3v) is 15.4. The number of rotatable bonds is 24. The average Bonchev–Trinajstić information content (AvgIpc) is 3.26. The summed E-state index contributed by atoms with van der Waals surface area (Å²) in [5, 5.41) is 18.1. The van der Waals surface area contributed by atoms with Gasteiger partial charge in [-0.05, 0) is 39.0 Å². The summed E-state index contributed by atoms with van der Waals surface area (Å²) in [5.41, 5.74) is 2.80. The highest BCUT2D eigenvalue weighted by Crippen LogP contribution is 2.37. The molecule has 5 rings (SSSR count). The van der Waals surface area contributed by atoms with Crippen LogP contribution in [0.5, 0.6) is 0 Å². The molecule has 0 unspecified atom stereocenters. The van der Waals surface area contributed by atoms with Crippen molar-refractivity contribution in [1.82, 2.24) is 5.32 Å². The Bertz CT molecular complexity index is 1890. The molecule has 0 saturated carbocycles. The molecule has 0 amide bonds. The molecule has 0 saturated heterocycles. The number of aliphatic hydroxyl groups is 1. The SMILES string of the molecule is C=CCN[C@H](CC(=O)OCC)[C@H](OCc1ccccc1)[C@@H](OCc1ccccc1)[C@H](OCc1ccccc1)[C@H](O)CO[Si](c1ccccc1)(c1ccccc1)C(C)(C)C. The van der Waals surface area contributed by atoms with Crippen molar-refractivity contribution in [1.29, 1.82) is 0 Å². The minimum Gasteiger partial charge on any atom is -0.466 e. The fraction of sp³-hybridized carbons (Fsp3) is 0.340. The van der Waals surface area contributed by atoms with Crippen molar-refractivity contribution in [2.75, 3.05) is 19.8 Å². The number of esters is 1. The zero-order valence-corrected chi connectivity index (χ0v) is 36.0. The van der Waals surface area contributed by atoms with Gasteiger partial charge in [-0.1, -0.05) is 179 Å². The summed E-state index contributed by atoms with van der Waals surface area (Å²) in [6.45, 7) is 13.5. The van der Waals surface area contributed by atoms with Crippen LogP contribution >= 0.6 is 0 Å². The third kappa shape index (κ3) is 12.9. The Balaban J connectivity index is 1.62. The highest BCUT2D eigenvalue weighted by Gasteiger charge is 2.51. The number of nitrogens with one attached hydrogen (secondary N) is 1. The highest BCUT2D eigenvalue weighted by molar-refractivity contribution is 6.99. The standard InChI is InChI=1S/C50H61NO7Si/c1-6-33-51-44(34-46(53)54-7-2)47(55-35-39-23-13-8-14-24-39)49(57-37-41-27-17-10-18-28-41)48(56-36-40-25-15-9-16-26-40)45(52)38-58-59(50(3,4)5,42-29-19-11-20-30-42)43-31-21-12-22-32-43/h6,8-32,44-45,47-49,51-52H,1,7,33-38H2,2-5H3/t44-,45-,47+,48-,49-/m1/s1. The molecule has 2 N–H and O–H groups in total. The molecule has 0 aromatic heterocycles. The fourth-order valence-electron chi connectivity index (χ4n) is 7.55. The molecule has 0 fully saturated rings. The van der Waals surface area contributed by atoms with E-state index in [9.17, 15) is 9.90 Å². The van der Waals surface area contributed by atoms with E-state index in [0.29, 0.717) is 6.54 Å². The van der Waals surface area contributed by atoms with Gasteiger partial charge in [0.05, 0.1) is 39.5 Å². The van der Waals surface area contributed by atoms with Crippen molar-refractivity contribution in [3.05, 3.63) is 181 Å². The maximum atomic E-state index is 13.3. The summed E-state index contributed by atoms with van der Waals surface area (Å²) >= 11 is 0. The van der Waals surface area contributed by atoms with Gasteiger partial charge in [-0.25, -0.2) is 0 Å². The molecular weight excluding hydrogens is 755 g/mol. The number of hydrogen-bond donors (Lipinski definition) is 2. The van der Waals surface area contributed by atoms with Crippen molar-refractivity contribution in [2.24, 2.45) is 0 Å². The molecule has 5 atom stereocenters. The summed E-state index contributed by atoms with van der Waals surface area (Å²) in [6.07, 6.45) is -2.22. The summed E-state index contributed by atoms with van der Waals surface area (Å²) < 4.78 is 33.5. The van der Waals surface area contributed by atoms with E-state index in [1.807, 2.05) is 127 Å². The number of ether oxygens (including phenoxy) is 4. The van der Waals surface area contributed by atoms with Gasteiger partial charge in [0.25, 0.3) is 8.32 Å². The Morgan fingerprint density at radius 3 is 1.47 bits per heavy atom. The first-order valence-electron chi connectivity index (χ1n) is 20.6. The van der Waals surface area contributed by atoms with Crippen LogP contribution in [0.1, 0.15) is 50.8 Å². The lowest BCUT2D eigenvalue weighted by Gasteiger charge is -2.44. The van der Waals surface area contributed by atoms with E-state index in [1.165, 1.54) is 0 Å². The summed E-state index contributed by atoms with van der Waals surface area (Å²) in [4.78, 5) is 13.3. The largest absolute Gasteiger partial charge is 0.466 e. The van der Waals surface area contributed by atoms with Crippen LogP contribution < -0.4 is 15.7 Å². The van der Waals surface area contributed by atoms with E-state index >= 15 is 0 Å². The van der Waals surface area contributed by atoms with Crippen LogP contribution in [0.2, 0.25) is 5.04 Å². The number of carbonyl (C=O) groups excluding carboxylic acids is 1. The van der Waals surface area contributed by atoms with Crippen molar-refractivity contribution < 1.29 is 33.3 Å². The first kappa shape index (κ1) is 45.4. The van der Waals surface area contributed by atoms with Gasteiger partial charge in [0.2, 0.25) is 0 Å². The molecular formula is C50H61NO7Si. The summed E-state index contributed by atoms with van der Waals surface area (Å²) in [5.74, 6) is -0.387. The van der Waals surface area contributed by atoms with Gasteiger partial charge in [0.1, 0.15) is 24.4 Å². The van der Waals surface area contributed by atoms with Gasteiger partial charge in [0.15, 0.2) is 0 Å². The second kappa shape index (κ2) is 23.2. The zero-order chi connectivity index (χ0) is 41.9. The number of hydrogen-bond acceptors (Lipinski definition) is 8. The molecule has 5 aromatic rings. The monoisotopic (exact) mass is 815 g/mol. The number of benzene rings is 5. The normalized spacial score (nSPS) is 14.5. The first-order chi connectivity index (χ1) is 28.7. The van der Waals surface area contributed by atoms with Crippen LogP contribution in [0.4, 0.5) is 0 Å². The molecule has 312 valence electrons. The van der Waals surface area contributed by atoms with Crippen LogP contribution in [0.3, 0.4) is 0 Å². The molecule has 0 aliphatic heterocycles. The maximum Gasteiger partial charge on any atom is 0.307 e. The Morgan fingerprint density at radius 2 is 1.07 bits per heavy atom. The molecule has 0 spiro atoms. The van der Waals surface area contributed by atoms with Gasteiger partial charge in [-0.3, -0.25) is 4.79 Å². The van der Waals surface area contributed by atoms with E-state index in [2.05, 4.69) is 56.9 Å². The van der Waals surface area contributed by atoms with Crippen molar-refractivity contribution in [3.8, 4) is 0 Å². The maximum absolute atomic E-state index is 13.3. The van der Waals surface area contributed by atoms with Gasteiger partial charge >= 0.3 is 5.97 Å². The molecule has 0 bridgehead atoms. The molecule has 59 heavy (non-hydrogen) atoms. The fourth-order valence-corrected chi connectivity index (χ4v) is 12.1. The second-order valence-corrected chi connectivity index (χ2v) is 19.9. The van der Waals surface area contributed by atoms with Crippen molar-refractivity contribution in [3.63, 3.8) is 0 Å². The smallest absolute Gasteiger partial charge is 0.307 e. The topological polar surface area (TPSA) is 95.5 Å². The van der Waals surface area contributed by atoms with E-state index in [0.717, 1.165) is 27.1 Å². The summed E-state index contributed by atoms with van der Waals surface area (Å²) in [7, 11) is -3.08. The molecule has 0 aliphatic rings. The number of aliphatic hydroxyl groups excluding tert-OH is 1. The van der Waals surface area contributed by atoms with E-state index in [-0.39, 0.29) is 50.5 Å². The van der Waals surface area contributed by atoms with Gasteiger partial charge in [-0.15, -0.1) is 6.58 Å². The second-order valence-electron chi connectivity index (χ2n) is 15.6. The molecule has 8 nitrogen and oxygen atoms in total. The minimum atomic E-state index is -3.08. The molecule has 5 aromatic carbocycles. The third-order valence-electron chi connectivity index (χ3n) is 10.4. The quantitative estimate of drug-likeness (QED) is 0.0371. The molecule has 0 heterocycles. The first-order valence-corrected chi connectivity index (χ1v) is 22.5. The predicted octanol–water partition coefficient (Wildman–Crippen LogP) is 7.78. The summed E-state index contributed by atoms with van der Waals surface area (Å²) in [6, 6.07) is 49.6. The van der Waals surface area contributed by atoms with Gasteiger partial charge in [0, 0.05) is 12.6 Å². The molecule has 0 radical (unpaired) electrons. The average molecular weight is 816 g/mol.